The number of piperidine rings is 1. The van der Waals surface area contributed by atoms with Crippen molar-refractivity contribution >= 4 is 5.91 Å². The molecule has 0 aromatic rings. The number of amides is 1. The molecule has 0 saturated carbocycles. The monoisotopic (exact) mass is 270 g/mol. The largest absolute Gasteiger partial charge is 0.379 e. The van der Waals surface area contributed by atoms with Crippen LogP contribution >= 0.6 is 0 Å². The van der Waals surface area contributed by atoms with Gasteiger partial charge in [-0.2, -0.15) is 0 Å². The van der Waals surface area contributed by atoms with Gasteiger partial charge in [0, 0.05) is 19.6 Å². The Morgan fingerprint density at radius 3 is 2.95 bits per heavy atom. The summed E-state index contributed by atoms with van der Waals surface area (Å²) < 4.78 is 5.46. The average molecular weight is 270 g/mol. The van der Waals surface area contributed by atoms with Crippen LogP contribution in [0.5, 0.6) is 0 Å². The van der Waals surface area contributed by atoms with Crippen molar-refractivity contribution in [1.82, 2.24) is 10.6 Å². The quantitative estimate of drug-likeness (QED) is 0.631. The van der Waals surface area contributed by atoms with Crippen LogP contribution in [-0.4, -0.2) is 38.3 Å². The fourth-order valence-electron chi connectivity index (χ4n) is 2.37. The second-order valence-electron chi connectivity index (χ2n) is 5.73. The van der Waals surface area contributed by atoms with Gasteiger partial charge in [-0.15, -0.1) is 0 Å². The van der Waals surface area contributed by atoms with Gasteiger partial charge in [0.1, 0.15) is 0 Å². The van der Waals surface area contributed by atoms with Gasteiger partial charge in [-0.3, -0.25) is 4.79 Å². The highest BCUT2D eigenvalue weighted by molar-refractivity contribution is 5.75. The number of carbonyl (C=O) groups excluding carboxylic acids is 1. The van der Waals surface area contributed by atoms with Crippen LogP contribution in [0.1, 0.15) is 52.4 Å². The van der Waals surface area contributed by atoms with E-state index in [9.17, 15) is 4.79 Å². The van der Waals surface area contributed by atoms with E-state index in [1.807, 2.05) is 13.8 Å². The molecule has 112 valence electrons. The molecule has 1 aliphatic heterocycles. The summed E-state index contributed by atoms with van der Waals surface area (Å²) in [6, 6.07) is 0. The van der Waals surface area contributed by atoms with Gasteiger partial charge in [0.15, 0.2) is 0 Å². The highest BCUT2D eigenvalue weighted by atomic mass is 16.5. The SMILES string of the molecule is CC(C)OCCCCNC(=O)CCC1CCCNC1. The normalized spacial score (nSPS) is 19.6. The number of rotatable bonds is 9. The molecule has 1 amide bonds. The Balaban J connectivity index is 1.90. The zero-order valence-corrected chi connectivity index (χ0v) is 12.5. The maximum Gasteiger partial charge on any atom is 0.220 e. The third-order valence-electron chi connectivity index (χ3n) is 3.52. The molecule has 1 heterocycles. The molecule has 4 nitrogen and oxygen atoms in total. The smallest absolute Gasteiger partial charge is 0.220 e. The molecule has 1 aliphatic rings. The first-order valence-electron chi connectivity index (χ1n) is 7.77. The molecule has 1 fully saturated rings. The second-order valence-corrected chi connectivity index (χ2v) is 5.73. The van der Waals surface area contributed by atoms with E-state index >= 15 is 0 Å². The molecule has 1 rings (SSSR count). The van der Waals surface area contributed by atoms with E-state index in [4.69, 9.17) is 4.74 Å². The predicted molar refractivity (Wildman–Crippen MR) is 78.2 cm³/mol. The lowest BCUT2D eigenvalue weighted by Gasteiger charge is -2.22. The van der Waals surface area contributed by atoms with Crippen molar-refractivity contribution in [2.75, 3.05) is 26.2 Å². The van der Waals surface area contributed by atoms with Crippen LogP contribution in [0.2, 0.25) is 0 Å². The minimum atomic E-state index is 0.204. The van der Waals surface area contributed by atoms with E-state index in [1.54, 1.807) is 0 Å². The lowest BCUT2D eigenvalue weighted by Crippen LogP contribution is -2.31. The number of unbranched alkanes of at least 4 members (excludes halogenated alkanes) is 1. The fourth-order valence-corrected chi connectivity index (χ4v) is 2.37. The van der Waals surface area contributed by atoms with Crippen molar-refractivity contribution in [3.8, 4) is 0 Å². The molecule has 2 N–H and O–H groups in total. The Labute approximate surface area is 117 Å². The van der Waals surface area contributed by atoms with Gasteiger partial charge in [-0.05, 0) is 65.0 Å². The summed E-state index contributed by atoms with van der Waals surface area (Å²) in [5.41, 5.74) is 0. The van der Waals surface area contributed by atoms with Crippen molar-refractivity contribution in [2.45, 2.75) is 58.5 Å². The van der Waals surface area contributed by atoms with Gasteiger partial charge >= 0.3 is 0 Å². The van der Waals surface area contributed by atoms with Crippen molar-refractivity contribution in [1.29, 1.82) is 0 Å². The Morgan fingerprint density at radius 2 is 2.26 bits per heavy atom. The molecule has 4 heteroatoms. The molecule has 0 spiro atoms. The van der Waals surface area contributed by atoms with E-state index < -0.39 is 0 Å². The summed E-state index contributed by atoms with van der Waals surface area (Å²) in [4.78, 5) is 11.7. The summed E-state index contributed by atoms with van der Waals surface area (Å²) in [6.45, 7) is 7.88. The van der Waals surface area contributed by atoms with Gasteiger partial charge in [0.25, 0.3) is 0 Å². The summed E-state index contributed by atoms with van der Waals surface area (Å²) >= 11 is 0. The fraction of sp³-hybridized carbons (Fsp3) is 0.933. The maximum atomic E-state index is 11.7. The van der Waals surface area contributed by atoms with Gasteiger partial charge in [-0.1, -0.05) is 0 Å². The number of hydrogen-bond donors (Lipinski definition) is 2. The van der Waals surface area contributed by atoms with Crippen molar-refractivity contribution < 1.29 is 9.53 Å². The molecule has 1 saturated heterocycles. The molecule has 0 bridgehead atoms. The van der Waals surface area contributed by atoms with Crippen LogP contribution < -0.4 is 10.6 Å². The Morgan fingerprint density at radius 1 is 1.42 bits per heavy atom. The van der Waals surface area contributed by atoms with Gasteiger partial charge in [0.2, 0.25) is 5.91 Å². The molecule has 0 radical (unpaired) electrons. The lowest BCUT2D eigenvalue weighted by atomic mass is 9.94. The van der Waals surface area contributed by atoms with Crippen LogP contribution in [0.15, 0.2) is 0 Å². The van der Waals surface area contributed by atoms with E-state index in [2.05, 4.69) is 10.6 Å². The topological polar surface area (TPSA) is 50.4 Å². The zero-order valence-electron chi connectivity index (χ0n) is 12.5. The van der Waals surface area contributed by atoms with Crippen LogP contribution in [0, 0.1) is 5.92 Å². The van der Waals surface area contributed by atoms with Crippen molar-refractivity contribution in [2.24, 2.45) is 5.92 Å². The first kappa shape index (κ1) is 16.4. The number of nitrogens with one attached hydrogen (secondary N) is 2. The Bertz CT molecular complexity index is 238. The van der Waals surface area contributed by atoms with Crippen molar-refractivity contribution in [3.63, 3.8) is 0 Å². The lowest BCUT2D eigenvalue weighted by molar-refractivity contribution is -0.121. The van der Waals surface area contributed by atoms with Crippen LogP contribution in [0.3, 0.4) is 0 Å². The molecular weight excluding hydrogens is 240 g/mol. The van der Waals surface area contributed by atoms with Gasteiger partial charge < -0.3 is 15.4 Å². The molecule has 0 aromatic heterocycles. The first-order chi connectivity index (χ1) is 9.18. The van der Waals surface area contributed by atoms with Gasteiger partial charge in [-0.25, -0.2) is 0 Å². The molecule has 0 aliphatic carbocycles. The highest BCUT2D eigenvalue weighted by Gasteiger charge is 2.14. The summed E-state index contributed by atoms with van der Waals surface area (Å²) in [6.07, 6.45) is 6.55. The highest BCUT2D eigenvalue weighted by Crippen LogP contribution is 2.15. The van der Waals surface area contributed by atoms with E-state index in [0.29, 0.717) is 18.4 Å². The second kappa shape index (κ2) is 10.2. The number of carbonyl (C=O) groups is 1. The minimum absolute atomic E-state index is 0.204. The molecular formula is C15H30N2O2. The van der Waals surface area contributed by atoms with Crippen molar-refractivity contribution in [3.05, 3.63) is 0 Å². The molecule has 0 aromatic carbocycles. The van der Waals surface area contributed by atoms with Crippen LogP contribution in [0.4, 0.5) is 0 Å². The predicted octanol–water partition coefficient (Wildman–Crippen LogP) is 2.09. The third kappa shape index (κ3) is 9.00. The zero-order chi connectivity index (χ0) is 13.9. The summed E-state index contributed by atoms with van der Waals surface area (Å²) in [7, 11) is 0. The minimum Gasteiger partial charge on any atom is -0.379 e. The molecule has 1 unspecified atom stereocenters. The first-order valence-corrected chi connectivity index (χ1v) is 7.77. The number of hydrogen-bond acceptors (Lipinski definition) is 3. The van der Waals surface area contributed by atoms with Crippen LogP contribution in [0.25, 0.3) is 0 Å². The average Bonchev–Trinajstić information content (AvgIpc) is 2.41. The Hall–Kier alpha value is -0.610. The van der Waals surface area contributed by atoms with E-state index in [0.717, 1.165) is 45.5 Å². The van der Waals surface area contributed by atoms with Gasteiger partial charge in [0.05, 0.1) is 6.10 Å². The Kier molecular flexibility index (Phi) is 8.84. The molecule has 19 heavy (non-hydrogen) atoms. The third-order valence-corrected chi connectivity index (χ3v) is 3.52. The van der Waals surface area contributed by atoms with E-state index in [-0.39, 0.29) is 5.91 Å². The maximum absolute atomic E-state index is 11.7. The van der Waals surface area contributed by atoms with E-state index in [1.165, 1.54) is 12.8 Å². The number of ether oxygens (including phenoxy) is 1. The standard InChI is InChI=1S/C15H30N2O2/c1-13(2)19-11-4-3-10-17-15(18)8-7-14-6-5-9-16-12-14/h13-14,16H,3-12H2,1-2H3,(H,17,18). The molecule has 1 atom stereocenters. The van der Waals surface area contributed by atoms with Crippen LogP contribution in [-0.2, 0) is 9.53 Å². The summed E-state index contributed by atoms with van der Waals surface area (Å²) in [5.74, 6) is 0.897. The summed E-state index contributed by atoms with van der Waals surface area (Å²) in [5, 5.41) is 6.38.